The van der Waals surface area contributed by atoms with E-state index in [9.17, 15) is 14.4 Å². The summed E-state index contributed by atoms with van der Waals surface area (Å²) >= 11 is 6.17. The standard InChI is InChI=1S/C23H23ClN4O3/c1-14-2-9-18(12-19(14)24)28-21(29)11-10-20(27-28)23(31)25-13-15-3-7-17(8-4-15)26-22(30)16-5-6-16/h2-4,7-9,12,16H,5-6,10-11,13H2,1H3,(H,25,31)(H,26,30). The second-order valence-electron chi connectivity index (χ2n) is 7.83. The molecule has 1 aliphatic carbocycles. The number of benzene rings is 2. The van der Waals surface area contributed by atoms with E-state index in [4.69, 9.17) is 11.6 Å². The summed E-state index contributed by atoms with van der Waals surface area (Å²) in [4.78, 5) is 36.7. The van der Waals surface area contributed by atoms with E-state index in [1.165, 1.54) is 5.01 Å². The Hall–Kier alpha value is -3.19. The summed E-state index contributed by atoms with van der Waals surface area (Å²) in [6, 6.07) is 12.6. The van der Waals surface area contributed by atoms with Crippen molar-refractivity contribution in [2.24, 2.45) is 11.0 Å². The third-order valence-corrected chi connectivity index (χ3v) is 5.72. The van der Waals surface area contributed by atoms with Crippen LogP contribution in [0.4, 0.5) is 11.4 Å². The van der Waals surface area contributed by atoms with E-state index in [0.717, 1.165) is 29.7 Å². The zero-order valence-corrected chi connectivity index (χ0v) is 17.9. The second-order valence-corrected chi connectivity index (χ2v) is 8.24. The molecular formula is C23H23ClN4O3. The highest BCUT2D eigenvalue weighted by Gasteiger charge is 2.29. The van der Waals surface area contributed by atoms with Gasteiger partial charge in [-0.2, -0.15) is 5.10 Å². The van der Waals surface area contributed by atoms with Crippen LogP contribution in [0, 0.1) is 12.8 Å². The predicted molar refractivity (Wildman–Crippen MR) is 120 cm³/mol. The van der Waals surface area contributed by atoms with Crippen LogP contribution in [0.1, 0.15) is 36.8 Å². The Labute approximate surface area is 185 Å². The first-order valence-corrected chi connectivity index (χ1v) is 10.6. The molecule has 2 N–H and O–H groups in total. The molecule has 0 unspecified atom stereocenters. The summed E-state index contributed by atoms with van der Waals surface area (Å²) in [5.74, 6) is -0.287. The van der Waals surface area contributed by atoms with Gasteiger partial charge in [0, 0.05) is 36.0 Å². The van der Waals surface area contributed by atoms with Crippen LogP contribution < -0.4 is 15.6 Å². The molecular weight excluding hydrogens is 416 g/mol. The van der Waals surface area contributed by atoms with Crippen LogP contribution in [0.5, 0.6) is 0 Å². The van der Waals surface area contributed by atoms with Crippen LogP contribution in [-0.2, 0) is 20.9 Å². The molecule has 0 atom stereocenters. The zero-order chi connectivity index (χ0) is 22.0. The van der Waals surface area contributed by atoms with Crippen LogP contribution in [0.15, 0.2) is 47.6 Å². The molecule has 8 heteroatoms. The molecule has 160 valence electrons. The summed E-state index contributed by atoms with van der Waals surface area (Å²) in [6.45, 7) is 2.19. The molecule has 4 rings (SSSR count). The van der Waals surface area contributed by atoms with E-state index in [1.54, 1.807) is 12.1 Å². The number of rotatable bonds is 6. The molecule has 2 aromatic rings. The minimum absolute atomic E-state index is 0.0605. The van der Waals surface area contributed by atoms with Crippen LogP contribution in [0.25, 0.3) is 0 Å². The number of hydrogen-bond acceptors (Lipinski definition) is 4. The van der Waals surface area contributed by atoms with Crippen molar-refractivity contribution in [3.05, 3.63) is 58.6 Å². The smallest absolute Gasteiger partial charge is 0.267 e. The monoisotopic (exact) mass is 438 g/mol. The molecule has 0 aromatic heterocycles. The van der Waals surface area contributed by atoms with E-state index in [-0.39, 0.29) is 36.5 Å². The van der Waals surface area contributed by atoms with Crippen LogP contribution in [-0.4, -0.2) is 23.4 Å². The van der Waals surface area contributed by atoms with Crippen molar-refractivity contribution in [1.29, 1.82) is 0 Å². The van der Waals surface area contributed by atoms with E-state index >= 15 is 0 Å². The van der Waals surface area contributed by atoms with Gasteiger partial charge in [0.1, 0.15) is 5.71 Å². The lowest BCUT2D eigenvalue weighted by molar-refractivity contribution is -0.119. The Kier molecular flexibility index (Phi) is 6.04. The molecule has 0 saturated heterocycles. The van der Waals surface area contributed by atoms with Gasteiger partial charge in [0.15, 0.2) is 0 Å². The summed E-state index contributed by atoms with van der Waals surface area (Å²) in [5.41, 5.74) is 3.37. The molecule has 1 saturated carbocycles. The van der Waals surface area contributed by atoms with Gasteiger partial charge in [-0.25, -0.2) is 5.01 Å². The topological polar surface area (TPSA) is 90.9 Å². The molecule has 0 bridgehead atoms. The van der Waals surface area contributed by atoms with Gasteiger partial charge in [-0.3, -0.25) is 14.4 Å². The number of aryl methyl sites for hydroxylation is 1. The maximum atomic E-state index is 12.6. The summed E-state index contributed by atoms with van der Waals surface area (Å²) in [6.07, 6.45) is 2.40. The second kappa shape index (κ2) is 8.89. The number of hydrogen-bond donors (Lipinski definition) is 2. The fourth-order valence-corrected chi connectivity index (χ4v) is 3.39. The van der Waals surface area contributed by atoms with Gasteiger partial charge >= 0.3 is 0 Å². The quantitative estimate of drug-likeness (QED) is 0.718. The summed E-state index contributed by atoms with van der Waals surface area (Å²) in [7, 11) is 0. The van der Waals surface area contributed by atoms with Gasteiger partial charge in [0.2, 0.25) is 11.8 Å². The molecule has 1 aliphatic heterocycles. The molecule has 2 aliphatic rings. The van der Waals surface area contributed by atoms with Crippen molar-refractivity contribution < 1.29 is 14.4 Å². The Morgan fingerprint density at radius 1 is 1.13 bits per heavy atom. The van der Waals surface area contributed by atoms with Crippen LogP contribution >= 0.6 is 11.6 Å². The normalized spacial score (nSPS) is 16.0. The molecule has 31 heavy (non-hydrogen) atoms. The van der Waals surface area contributed by atoms with Crippen molar-refractivity contribution in [2.75, 3.05) is 10.3 Å². The summed E-state index contributed by atoms with van der Waals surface area (Å²) < 4.78 is 0. The number of hydrazone groups is 1. The number of carbonyl (C=O) groups is 3. The third kappa shape index (κ3) is 5.11. The molecule has 0 spiro atoms. The third-order valence-electron chi connectivity index (χ3n) is 5.32. The average molecular weight is 439 g/mol. The van der Waals surface area contributed by atoms with Gasteiger partial charge in [-0.05, 0) is 55.2 Å². The van der Waals surface area contributed by atoms with Crippen molar-refractivity contribution in [3.8, 4) is 0 Å². The van der Waals surface area contributed by atoms with Crippen molar-refractivity contribution >= 4 is 46.4 Å². The minimum atomic E-state index is -0.318. The Bertz CT molecular complexity index is 1060. The van der Waals surface area contributed by atoms with Crippen LogP contribution in [0.2, 0.25) is 5.02 Å². The lowest BCUT2D eigenvalue weighted by Crippen LogP contribution is -2.38. The number of amides is 3. The largest absolute Gasteiger partial charge is 0.347 e. The van der Waals surface area contributed by atoms with Crippen molar-refractivity contribution in [3.63, 3.8) is 0 Å². The highest BCUT2D eigenvalue weighted by Crippen LogP contribution is 2.30. The Balaban J connectivity index is 1.37. The van der Waals surface area contributed by atoms with E-state index in [2.05, 4.69) is 15.7 Å². The van der Waals surface area contributed by atoms with Gasteiger partial charge in [-0.15, -0.1) is 0 Å². The number of anilines is 2. The van der Waals surface area contributed by atoms with Crippen molar-refractivity contribution in [2.45, 2.75) is 39.2 Å². The number of carbonyl (C=O) groups excluding carboxylic acids is 3. The van der Waals surface area contributed by atoms with Gasteiger partial charge in [0.05, 0.1) is 5.69 Å². The summed E-state index contributed by atoms with van der Waals surface area (Å²) in [5, 5.41) is 11.8. The average Bonchev–Trinajstić information content (AvgIpc) is 3.61. The van der Waals surface area contributed by atoms with Gasteiger partial charge in [0.25, 0.3) is 5.91 Å². The molecule has 1 fully saturated rings. The fraction of sp³-hybridized carbons (Fsp3) is 0.304. The van der Waals surface area contributed by atoms with E-state index in [1.807, 2.05) is 37.3 Å². The lowest BCUT2D eigenvalue weighted by Gasteiger charge is -2.23. The minimum Gasteiger partial charge on any atom is -0.347 e. The van der Waals surface area contributed by atoms with E-state index < -0.39 is 0 Å². The van der Waals surface area contributed by atoms with Gasteiger partial charge in [-0.1, -0.05) is 29.8 Å². The zero-order valence-electron chi connectivity index (χ0n) is 17.2. The molecule has 7 nitrogen and oxygen atoms in total. The highest BCUT2D eigenvalue weighted by molar-refractivity contribution is 6.40. The van der Waals surface area contributed by atoms with Gasteiger partial charge < -0.3 is 10.6 Å². The Morgan fingerprint density at radius 2 is 1.87 bits per heavy atom. The van der Waals surface area contributed by atoms with Crippen LogP contribution in [0.3, 0.4) is 0 Å². The first-order valence-electron chi connectivity index (χ1n) is 10.3. The number of nitrogens with one attached hydrogen (secondary N) is 2. The highest BCUT2D eigenvalue weighted by atomic mass is 35.5. The SMILES string of the molecule is Cc1ccc(N2N=C(C(=O)NCc3ccc(NC(=O)C4CC4)cc3)CCC2=O)cc1Cl. The number of nitrogens with zero attached hydrogens (tertiary/aromatic N) is 2. The first kappa shape index (κ1) is 21.1. The first-order chi connectivity index (χ1) is 14.9. The fourth-order valence-electron chi connectivity index (χ4n) is 3.21. The van der Waals surface area contributed by atoms with Crippen molar-refractivity contribution in [1.82, 2.24) is 5.32 Å². The molecule has 2 aromatic carbocycles. The predicted octanol–water partition coefficient (Wildman–Crippen LogP) is 3.80. The molecule has 3 amide bonds. The maximum absolute atomic E-state index is 12.6. The molecule has 0 radical (unpaired) electrons. The maximum Gasteiger partial charge on any atom is 0.267 e. The number of halogens is 1. The van der Waals surface area contributed by atoms with E-state index in [0.29, 0.717) is 23.0 Å². The molecule has 1 heterocycles. The lowest BCUT2D eigenvalue weighted by atomic mass is 10.1. The Morgan fingerprint density at radius 3 is 2.55 bits per heavy atom.